The van der Waals surface area contributed by atoms with Crippen molar-refractivity contribution >= 4 is 22.0 Å². The maximum Gasteiger partial charge on any atom is 0.150 e. The topological polar surface area (TPSA) is 70.6 Å². The Labute approximate surface area is 217 Å². The number of likely N-dealkylation sites (tertiary alicyclic amines) is 1. The number of hydrogen-bond donors (Lipinski definition) is 2. The van der Waals surface area contributed by atoms with Gasteiger partial charge in [0.15, 0.2) is 0 Å². The van der Waals surface area contributed by atoms with Crippen LogP contribution in [-0.2, 0) is 0 Å². The van der Waals surface area contributed by atoms with Crippen LogP contribution in [-0.4, -0.2) is 45.9 Å². The molecule has 3 heterocycles. The zero-order chi connectivity index (χ0) is 25.5. The normalized spacial score (nSPS) is 20.6. The second-order valence-electron chi connectivity index (χ2n) is 10.5. The van der Waals surface area contributed by atoms with Crippen molar-refractivity contribution in [3.05, 3.63) is 83.6 Å². The highest BCUT2D eigenvalue weighted by Gasteiger charge is 2.30. The number of aromatic hydroxyl groups is 1. The number of ether oxygens (including phenoxy) is 2. The number of benzene rings is 3. The number of hydrogen-bond acceptors (Lipinski definition) is 5. The van der Waals surface area contributed by atoms with Crippen LogP contribution in [0.25, 0.3) is 22.0 Å². The van der Waals surface area contributed by atoms with Crippen molar-refractivity contribution in [2.75, 3.05) is 19.7 Å². The van der Waals surface area contributed by atoms with Crippen molar-refractivity contribution in [1.82, 2.24) is 15.1 Å². The predicted octanol–water partition coefficient (Wildman–Crippen LogP) is 6.44. The highest BCUT2D eigenvalue weighted by molar-refractivity contribution is 5.97. The number of nitrogens with zero attached hydrogens (tertiary/aromatic N) is 2. The van der Waals surface area contributed by atoms with E-state index in [4.69, 9.17) is 9.47 Å². The summed E-state index contributed by atoms with van der Waals surface area (Å²) in [5.74, 6) is 2.63. The Hall–Kier alpha value is -3.77. The fraction of sp³-hybridized carbons (Fsp3) is 0.323. The summed E-state index contributed by atoms with van der Waals surface area (Å²) < 4.78 is 12.7. The standard InChI is InChI=1S/C31H33N3O3/c1-19-12-13-34(17-19)20(2)18-36-26-8-4-22(5-9-26)31-30(23-6-10-28-24(14-23)16-32-33-28)21(3)27-15-25(35)7-11-29(27)37-31/h4-11,14-16,19-20,31,35H,12-13,17-18H2,1-3H3,(H,32,33). The first-order valence-corrected chi connectivity index (χ1v) is 13.1. The summed E-state index contributed by atoms with van der Waals surface area (Å²) in [6.45, 7) is 9.65. The van der Waals surface area contributed by atoms with Gasteiger partial charge in [0.2, 0.25) is 0 Å². The first kappa shape index (κ1) is 23.6. The van der Waals surface area contributed by atoms with Crippen LogP contribution < -0.4 is 9.47 Å². The van der Waals surface area contributed by atoms with Gasteiger partial charge in [-0.1, -0.05) is 25.1 Å². The molecule has 3 unspecified atom stereocenters. The third-order valence-electron chi connectivity index (χ3n) is 7.78. The lowest BCUT2D eigenvalue weighted by Crippen LogP contribution is -2.35. The fourth-order valence-corrected chi connectivity index (χ4v) is 5.58. The smallest absolute Gasteiger partial charge is 0.150 e. The largest absolute Gasteiger partial charge is 0.508 e. The number of H-pyrrole nitrogens is 1. The van der Waals surface area contributed by atoms with Gasteiger partial charge in [-0.2, -0.15) is 5.10 Å². The average molecular weight is 496 g/mol. The maximum atomic E-state index is 10.2. The van der Waals surface area contributed by atoms with Crippen LogP contribution in [0.4, 0.5) is 0 Å². The fourth-order valence-electron chi connectivity index (χ4n) is 5.58. The van der Waals surface area contributed by atoms with Crippen molar-refractivity contribution in [3.8, 4) is 17.2 Å². The summed E-state index contributed by atoms with van der Waals surface area (Å²) in [6.07, 6.45) is 2.81. The number of rotatable bonds is 6. The SMILES string of the molecule is CC1=C(c2ccc3[nH]ncc3c2)C(c2ccc(OCC(C)N3CCC(C)C3)cc2)Oc2ccc(O)cc21. The van der Waals surface area contributed by atoms with Gasteiger partial charge in [-0.15, -0.1) is 0 Å². The molecule has 2 N–H and O–H groups in total. The number of aromatic amines is 1. The van der Waals surface area contributed by atoms with E-state index in [0.717, 1.165) is 69.2 Å². The van der Waals surface area contributed by atoms with E-state index in [0.29, 0.717) is 12.6 Å². The van der Waals surface area contributed by atoms with Gasteiger partial charge in [0.25, 0.3) is 0 Å². The summed E-state index contributed by atoms with van der Waals surface area (Å²) in [6, 6.07) is 20.2. The number of fused-ring (bicyclic) bond motifs is 2. The molecule has 190 valence electrons. The minimum Gasteiger partial charge on any atom is -0.508 e. The van der Waals surface area contributed by atoms with E-state index >= 15 is 0 Å². The van der Waals surface area contributed by atoms with E-state index in [2.05, 4.69) is 60.1 Å². The predicted molar refractivity (Wildman–Crippen MR) is 147 cm³/mol. The Kier molecular flexibility index (Phi) is 6.13. The van der Waals surface area contributed by atoms with Crippen molar-refractivity contribution in [1.29, 1.82) is 0 Å². The highest BCUT2D eigenvalue weighted by Crippen LogP contribution is 2.47. The molecule has 2 aliphatic heterocycles. The number of phenolic OH excluding ortho intramolecular Hbond substituents is 1. The van der Waals surface area contributed by atoms with Gasteiger partial charge >= 0.3 is 0 Å². The molecule has 1 saturated heterocycles. The van der Waals surface area contributed by atoms with E-state index in [1.54, 1.807) is 12.1 Å². The molecule has 0 spiro atoms. The zero-order valence-corrected chi connectivity index (χ0v) is 21.6. The molecule has 4 aromatic rings. The van der Waals surface area contributed by atoms with E-state index in [9.17, 15) is 5.11 Å². The Morgan fingerprint density at radius 3 is 2.76 bits per heavy atom. The third-order valence-corrected chi connectivity index (χ3v) is 7.78. The first-order chi connectivity index (χ1) is 18.0. The molecule has 1 aromatic heterocycles. The summed E-state index contributed by atoms with van der Waals surface area (Å²) in [5.41, 5.74) is 6.18. The lowest BCUT2D eigenvalue weighted by Gasteiger charge is -2.31. The second kappa shape index (κ2) is 9.60. The molecule has 0 amide bonds. The molecular formula is C31H33N3O3. The van der Waals surface area contributed by atoms with E-state index < -0.39 is 0 Å². The number of allylic oxidation sites excluding steroid dienone is 1. The summed E-state index contributed by atoms with van der Waals surface area (Å²) in [5, 5.41) is 18.4. The lowest BCUT2D eigenvalue weighted by atomic mass is 9.86. The van der Waals surface area contributed by atoms with Crippen LogP contribution in [0.3, 0.4) is 0 Å². The molecule has 2 aliphatic rings. The molecule has 0 aliphatic carbocycles. The Morgan fingerprint density at radius 2 is 1.97 bits per heavy atom. The molecular weight excluding hydrogens is 462 g/mol. The molecule has 37 heavy (non-hydrogen) atoms. The number of aromatic nitrogens is 2. The molecule has 0 radical (unpaired) electrons. The summed E-state index contributed by atoms with van der Waals surface area (Å²) in [4.78, 5) is 2.51. The molecule has 0 bridgehead atoms. The van der Waals surface area contributed by atoms with Crippen molar-refractivity contribution in [2.45, 2.75) is 39.3 Å². The maximum absolute atomic E-state index is 10.2. The van der Waals surface area contributed by atoms with E-state index in [1.165, 1.54) is 6.42 Å². The zero-order valence-electron chi connectivity index (χ0n) is 21.6. The Morgan fingerprint density at radius 1 is 1.14 bits per heavy atom. The molecule has 0 saturated carbocycles. The van der Waals surface area contributed by atoms with Gasteiger partial charge in [0.1, 0.15) is 30.0 Å². The molecule has 1 fully saturated rings. The van der Waals surface area contributed by atoms with Crippen LogP contribution in [0, 0.1) is 5.92 Å². The Bertz CT molecular complexity index is 1460. The molecule has 3 atom stereocenters. The van der Waals surface area contributed by atoms with Gasteiger partial charge in [-0.3, -0.25) is 10.00 Å². The van der Waals surface area contributed by atoms with Crippen LogP contribution in [0.1, 0.15) is 50.0 Å². The van der Waals surface area contributed by atoms with Crippen molar-refractivity contribution < 1.29 is 14.6 Å². The third kappa shape index (κ3) is 4.58. The van der Waals surface area contributed by atoms with E-state index in [1.807, 2.05) is 30.5 Å². The lowest BCUT2D eigenvalue weighted by molar-refractivity contribution is 0.169. The first-order valence-electron chi connectivity index (χ1n) is 13.1. The summed E-state index contributed by atoms with van der Waals surface area (Å²) >= 11 is 0. The van der Waals surface area contributed by atoms with Gasteiger partial charge in [-0.05, 0) is 91.9 Å². The second-order valence-corrected chi connectivity index (χ2v) is 10.5. The van der Waals surface area contributed by atoms with Gasteiger partial charge in [-0.25, -0.2) is 0 Å². The molecule has 6 nitrogen and oxygen atoms in total. The number of nitrogens with one attached hydrogen (secondary N) is 1. The van der Waals surface area contributed by atoms with Gasteiger partial charge in [0, 0.05) is 29.1 Å². The van der Waals surface area contributed by atoms with Crippen molar-refractivity contribution in [2.24, 2.45) is 5.92 Å². The average Bonchev–Trinajstić information content (AvgIpc) is 3.56. The number of phenols is 1. The van der Waals surface area contributed by atoms with Gasteiger partial charge < -0.3 is 14.6 Å². The minimum atomic E-state index is -0.291. The van der Waals surface area contributed by atoms with Crippen LogP contribution in [0.15, 0.2) is 66.9 Å². The van der Waals surface area contributed by atoms with Crippen LogP contribution in [0.5, 0.6) is 17.2 Å². The monoisotopic (exact) mass is 495 g/mol. The summed E-state index contributed by atoms with van der Waals surface area (Å²) in [7, 11) is 0. The van der Waals surface area contributed by atoms with Crippen LogP contribution in [0.2, 0.25) is 0 Å². The molecule has 6 rings (SSSR count). The molecule has 6 heteroatoms. The quantitative estimate of drug-likeness (QED) is 0.322. The van der Waals surface area contributed by atoms with Gasteiger partial charge in [0.05, 0.1) is 11.7 Å². The van der Waals surface area contributed by atoms with Crippen LogP contribution >= 0.6 is 0 Å². The molecule has 3 aromatic carbocycles. The van der Waals surface area contributed by atoms with Crippen molar-refractivity contribution in [3.63, 3.8) is 0 Å². The van der Waals surface area contributed by atoms with E-state index in [-0.39, 0.29) is 11.9 Å². The highest BCUT2D eigenvalue weighted by atomic mass is 16.5. The minimum absolute atomic E-state index is 0.226. The Balaban J connectivity index is 1.29.